The molecule has 3 heteroatoms. The van der Waals surface area contributed by atoms with E-state index in [0.29, 0.717) is 28.5 Å². The van der Waals surface area contributed by atoms with Crippen LogP contribution in [-0.2, 0) is 14.2 Å². The van der Waals surface area contributed by atoms with Crippen molar-refractivity contribution >= 4 is 0 Å². The molecule has 156 valence electrons. The zero-order chi connectivity index (χ0) is 20.0. The molecule has 0 amide bonds. The van der Waals surface area contributed by atoms with Crippen LogP contribution in [0.5, 0.6) is 0 Å². The highest BCUT2D eigenvalue weighted by atomic mass is 16.5. The molecule has 3 heterocycles. The van der Waals surface area contributed by atoms with Crippen LogP contribution in [0.4, 0.5) is 0 Å². The number of hydrogen-bond acceptors (Lipinski definition) is 3. The first-order valence-electron chi connectivity index (χ1n) is 10.6. The summed E-state index contributed by atoms with van der Waals surface area (Å²) in [6, 6.07) is 0. The van der Waals surface area contributed by atoms with Crippen molar-refractivity contribution in [1.82, 2.24) is 0 Å². The molecular weight excluding hydrogens is 324 g/mol. The lowest BCUT2D eigenvalue weighted by atomic mass is 9.80. The molecule has 0 saturated carbocycles. The predicted octanol–water partition coefficient (Wildman–Crippen LogP) is 6.10. The van der Waals surface area contributed by atoms with E-state index >= 15 is 0 Å². The summed E-state index contributed by atoms with van der Waals surface area (Å²) in [6.45, 7) is 24.1. The monoisotopic (exact) mass is 370 g/mol. The molecule has 3 rings (SSSR count). The minimum Gasteiger partial charge on any atom is -0.381 e. The minimum absolute atomic E-state index is 0.358. The lowest BCUT2D eigenvalue weighted by molar-refractivity contribution is -0.109. The quantitative estimate of drug-likeness (QED) is 0.515. The molecule has 0 aromatic carbocycles. The van der Waals surface area contributed by atoms with Crippen LogP contribution in [0.3, 0.4) is 0 Å². The van der Waals surface area contributed by atoms with Crippen molar-refractivity contribution in [2.75, 3.05) is 26.4 Å². The maximum Gasteiger partial charge on any atom is 0.0645 e. The van der Waals surface area contributed by atoms with E-state index in [4.69, 9.17) is 14.2 Å². The Balaban J connectivity index is 0.000000195. The fourth-order valence-electron chi connectivity index (χ4n) is 3.40. The molecule has 3 atom stereocenters. The van der Waals surface area contributed by atoms with Crippen LogP contribution in [0, 0.1) is 22.2 Å². The smallest absolute Gasteiger partial charge is 0.0645 e. The van der Waals surface area contributed by atoms with Crippen molar-refractivity contribution in [2.45, 2.75) is 100 Å². The molecule has 26 heavy (non-hydrogen) atoms. The summed E-state index contributed by atoms with van der Waals surface area (Å²) in [5.74, 6) is 0.789. The first-order chi connectivity index (χ1) is 11.8. The standard InChI is InChI=1S/2C8H16O.C7H14O/c1-8(2,3)7-4-5-9-6-7;1-8(2,3)7-5-4-6-9-7;1-7(2,3)6-4-5-8-6/h2*7H,4-6H2,1-3H3;6H,4-5H2,1-3H3/t2*7-;6-/m100/s1. The Morgan fingerprint density at radius 2 is 1.08 bits per heavy atom. The molecule has 0 radical (unpaired) electrons. The molecule has 3 aliphatic rings. The highest BCUT2D eigenvalue weighted by molar-refractivity contribution is 4.79. The number of rotatable bonds is 0. The van der Waals surface area contributed by atoms with Gasteiger partial charge in [0.05, 0.1) is 12.2 Å². The summed E-state index contributed by atoms with van der Waals surface area (Å²) in [6.07, 6.45) is 6.05. The molecule has 0 aromatic rings. The minimum atomic E-state index is 0.358. The van der Waals surface area contributed by atoms with Crippen LogP contribution in [-0.4, -0.2) is 38.6 Å². The van der Waals surface area contributed by atoms with Crippen LogP contribution in [0.2, 0.25) is 0 Å². The molecule has 3 saturated heterocycles. The summed E-state index contributed by atoms with van der Waals surface area (Å²) < 4.78 is 16.1. The van der Waals surface area contributed by atoms with Gasteiger partial charge in [0.15, 0.2) is 0 Å². The van der Waals surface area contributed by atoms with E-state index in [-0.39, 0.29) is 0 Å². The highest BCUT2D eigenvalue weighted by Gasteiger charge is 2.30. The summed E-state index contributed by atoms with van der Waals surface area (Å²) >= 11 is 0. The van der Waals surface area contributed by atoms with Gasteiger partial charge < -0.3 is 14.2 Å². The maximum atomic E-state index is 5.52. The molecule has 0 spiro atoms. The van der Waals surface area contributed by atoms with Gasteiger partial charge in [-0.3, -0.25) is 0 Å². The van der Waals surface area contributed by atoms with Crippen LogP contribution >= 0.6 is 0 Å². The molecule has 0 aliphatic carbocycles. The summed E-state index contributed by atoms with van der Waals surface area (Å²) in [4.78, 5) is 0. The second kappa shape index (κ2) is 9.89. The number of ether oxygens (including phenoxy) is 3. The van der Waals surface area contributed by atoms with Crippen LogP contribution in [0.15, 0.2) is 0 Å². The van der Waals surface area contributed by atoms with Gasteiger partial charge in [0.2, 0.25) is 0 Å². The zero-order valence-electron chi connectivity index (χ0n) is 19.1. The van der Waals surface area contributed by atoms with Gasteiger partial charge in [-0.1, -0.05) is 62.3 Å². The van der Waals surface area contributed by atoms with Crippen molar-refractivity contribution in [1.29, 1.82) is 0 Å². The van der Waals surface area contributed by atoms with E-state index in [9.17, 15) is 0 Å². The first kappa shape index (κ1) is 23.9. The second-order valence-electron chi connectivity index (χ2n) is 11.3. The lowest BCUT2D eigenvalue weighted by Crippen LogP contribution is -2.38. The largest absolute Gasteiger partial charge is 0.381 e. The fraction of sp³-hybridized carbons (Fsp3) is 1.00. The molecule has 0 unspecified atom stereocenters. The van der Waals surface area contributed by atoms with Gasteiger partial charge in [-0.25, -0.2) is 0 Å². The third kappa shape index (κ3) is 8.71. The van der Waals surface area contributed by atoms with Gasteiger partial charge in [0.25, 0.3) is 0 Å². The van der Waals surface area contributed by atoms with Crippen LogP contribution in [0.25, 0.3) is 0 Å². The molecule has 0 N–H and O–H groups in total. The molecule has 3 nitrogen and oxygen atoms in total. The van der Waals surface area contributed by atoms with Crippen LogP contribution < -0.4 is 0 Å². The Kier molecular flexibility index (Phi) is 9.10. The van der Waals surface area contributed by atoms with Crippen molar-refractivity contribution in [3.63, 3.8) is 0 Å². The highest BCUT2D eigenvalue weighted by Crippen LogP contribution is 2.32. The Morgan fingerprint density at radius 1 is 0.577 bits per heavy atom. The normalized spacial score (nSPS) is 29.2. The van der Waals surface area contributed by atoms with Crippen LogP contribution in [0.1, 0.15) is 88.0 Å². The van der Waals surface area contributed by atoms with Gasteiger partial charge in [-0.05, 0) is 47.8 Å². The third-order valence-corrected chi connectivity index (χ3v) is 5.72. The second-order valence-corrected chi connectivity index (χ2v) is 11.3. The van der Waals surface area contributed by atoms with E-state index in [1.165, 1.54) is 25.7 Å². The molecular formula is C23H46O3. The third-order valence-electron chi connectivity index (χ3n) is 5.72. The van der Waals surface area contributed by atoms with Gasteiger partial charge in [0.1, 0.15) is 0 Å². The van der Waals surface area contributed by atoms with Gasteiger partial charge >= 0.3 is 0 Å². The van der Waals surface area contributed by atoms with E-state index in [1.807, 2.05) is 0 Å². The van der Waals surface area contributed by atoms with Gasteiger partial charge in [0, 0.05) is 26.4 Å². The Hall–Kier alpha value is -0.120. The van der Waals surface area contributed by atoms with E-state index in [0.717, 1.165) is 32.3 Å². The average Bonchev–Trinajstić information content (AvgIpc) is 3.09. The van der Waals surface area contributed by atoms with Crippen molar-refractivity contribution in [3.05, 3.63) is 0 Å². The Bertz CT molecular complexity index is 342. The molecule has 0 bridgehead atoms. The lowest BCUT2D eigenvalue weighted by Gasteiger charge is -2.37. The predicted molar refractivity (Wildman–Crippen MR) is 111 cm³/mol. The maximum absolute atomic E-state index is 5.52. The summed E-state index contributed by atoms with van der Waals surface area (Å²) in [7, 11) is 0. The fourth-order valence-corrected chi connectivity index (χ4v) is 3.40. The topological polar surface area (TPSA) is 27.7 Å². The Morgan fingerprint density at radius 3 is 1.23 bits per heavy atom. The molecule has 3 fully saturated rings. The summed E-state index contributed by atoms with van der Waals surface area (Å²) in [5.41, 5.74) is 1.19. The van der Waals surface area contributed by atoms with E-state index < -0.39 is 0 Å². The molecule has 3 aliphatic heterocycles. The van der Waals surface area contributed by atoms with Gasteiger partial charge in [-0.15, -0.1) is 0 Å². The van der Waals surface area contributed by atoms with E-state index in [2.05, 4.69) is 62.3 Å². The summed E-state index contributed by atoms with van der Waals surface area (Å²) in [5, 5.41) is 0. The zero-order valence-corrected chi connectivity index (χ0v) is 19.1. The average molecular weight is 371 g/mol. The van der Waals surface area contributed by atoms with Gasteiger partial charge in [-0.2, -0.15) is 0 Å². The van der Waals surface area contributed by atoms with Crippen molar-refractivity contribution in [3.8, 4) is 0 Å². The number of hydrogen-bond donors (Lipinski definition) is 0. The van der Waals surface area contributed by atoms with E-state index in [1.54, 1.807) is 0 Å². The van der Waals surface area contributed by atoms with Crippen molar-refractivity contribution in [2.24, 2.45) is 22.2 Å². The van der Waals surface area contributed by atoms with Crippen molar-refractivity contribution < 1.29 is 14.2 Å². The first-order valence-corrected chi connectivity index (χ1v) is 10.6. The Labute approximate surface area is 163 Å². The molecule has 0 aromatic heterocycles. The SMILES string of the molecule is CC(C)(C)[C@@H]1CCCO1.CC(C)(C)[C@@H]1CCO1.CC(C)(C)[C@@H]1CCOC1.